The number of rotatable bonds is 7. The van der Waals surface area contributed by atoms with Gasteiger partial charge in [-0.05, 0) is 56.5 Å². The molecule has 1 unspecified atom stereocenters. The fourth-order valence-corrected chi connectivity index (χ4v) is 4.19. The van der Waals surface area contributed by atoms with Crippen LogP contribution >= 0.6 is 12.4 Å². The Morgan fingerprint density at radius 3 is 2.54 bits per heavy atom. The lowest BCUT2D eigenvalue weighted by Gasteiger charge is -2.31. The first-order valence-electron chi connectivity index (χ1n) is 8.33. The Balaban J connectivity index is 0.00000288. The van der Waals surface area contributed by atoms with Gasteiger partial charge in [-0.25, -0.2) is 8.42 Å². The lowest BCUT2D eigenvalue weighted by molar-refractivity contribution is 0.288. The maximum absolute atomic E-state index is 12.7. The molecule has 1 aromatic carbocycles. The molecule has 1 aliphatic heterocycles. The second-order valence-corrected chi connectivity index (χ2v) is 8.43. The van der Waals surface area contributed by atoms with Gasteiger partial charge in [0.1, 0.15) is 5.75 Å². The highest BCUT2D eigenvalue weighted by Gasteiger charge is 2.29. The summed E-state index contributed by atoms with van der Waals surface area (Å²) in [5.41, 5.74) is 0. The second-order valence-electron chi connectivity index (χ2n) is 6.49. The Bertz CT molecular complexity index is 590. The van der Waals surface area contributed by atoms with Gasteiger partial charge in [0.25, 0.3) is 0 Å². The predicted molar refractivity (Wildman–Crippen MR) is 99.5 cm³/mol. The Morgan fingerprint density at radius 1 is 1.29 bits per heavy atom. The summed E-state index contributed by atoms with van der Waals surface area (Å²) in [5, 5.41) is 3.17. The van der Waals surface area contributed by atoms with E-state index < -0.39 is 10.0 Å². The molecule has 0 saturated carbocycles. The summed E-state index contributed by atoms with van der Waals surface area (Å²) in [6.45, 7) is 6.07. The van der Waals surface area contributed by atoms with Gasteiger partial charge in [0.15, 0.2) is 0 Å². The van der Waals surface area contributed by atoms with Gasteiger partial charge in [-0.15, -0.1) is 12.4 Å². The molecule has 1 atom stereocenters. The zero-order chi connectivity index (χ0) is 16.9. The fourth-order valence-electron chi connectivity index (χ4n) is 2.67. The molecule has 0 aromatic heterocycles. The maximum atomic E-state index is 12.7. The van der Waals surface area contributed by atoms with E-state index in [1.54, 1.807) is 28.6 Å². The first-order chi connectivity index (χ1) is 10.9. The van der Waals surface area contributed by atoms with Gasteiger partial charge in [-0.1, -0.05) is 13.8 Å². The monoisotopic (exact) mass is 376 g/mol. The molecule has 138 valence electrons. The molecule has 24 heavy (non-hydrogen) atoms. The van der Waals surface area contributed by atoms with Crippen LogP contribution in [0.1, 0.15) is 33.1 Å². The third-order valence-corrected chi connectivity index (χ3v) is 6.10. The van der Waals surface area contributed by atoms with Gasteiger partial charge in [0.2, 0.25) is 10.0 Å². The highest BCUT2D eigenvalue weighted by Crippen LogP contribution is 2.23. The number of nitrogens with zero attached hydrogens (tertiary/aromatic N) is 1. The van der Waals surface area contributed by atoms with Crippen LogP contribution in [-0.4, -0.2) is 45.5 Å². The summed E-state index contributed by atoms with van der Waals surface area (Å²) >= 11 is 0. The molecule has 0 amide bonds. The van der Waals surface area contributed by atoms with E-state index in [-0.39, 0.29) is 18.4 Å². The van der Waals surface area contributed by atoms with Crippen molar-refractivity contribution in [3.8, 4) is 5.75 Å². The van der Waals surface area contributed by atoms with E-state index in [0.717, 1.165) is 25.0 Å². The average molecular weight is 377 g/mol. The third kappa shape index (κ3) is 5.62. The van der Waals surface area contributed by atoms with Crippen LogP contribution in [0.3, 0.4) is 0 Å². The Morgan fingerprint density at radius 2 is 1.96 bits per heavy atom. The minimum atomic E-state index is -3.42. The minimum absolute atomic E-state index is 0. The van der Waals surface area contributed by atoms with Crippen molar-refractivity contribution in [1.82, 2.24) is 9.62 Å². The quantitative estimate of drug-likeness (QED) is 0.794. The van der Waals surface area contributed by atoms with E-state index in [9.17, 15) is 8.42 Å². The molecule has 0 aliphatic carbocycles. The van der Waals surface area contributed by atoms with Crippen LogP contribution in [0.2, 0.25) is 0 Å². The molecule has 1 aliphatic rings. The molecule has 1 fully saturated rings. The number of piperidine rings is 1. The molecule has 1 saturated heterocycles. The van der Waals surface area contributed by atoms with Gasteiger partial charge in [0.05, 0.1) is 11.5 Å². The van der Waals surface area contributed by atoms with Crippen LogP contribution in [-0.2, 0) is 10.0 Å². The minimum Gasteiger partial charge on any atom is -0.494 e. The first kappa shape index (κ1) is 21.2. The van der Waals surface area contributed by atoms with E-state index in [4.69, 9.17) is 4.74 Å². The van der Waals surface area contributed by atoms with Gasteiger partial charge >= 0.3 is 0 Å². The van der Waals surface area contributed by atoms with Crippen LogP contribution in [0.25, 0.3) is 0 Å². The molecule has 0 bridgehead atoms. The summed E-state index contributed by atoms with van der Waals surface area (Å²) in [7, 11) is -1.54. The van der Waals surface area contributed by atoms with Gasteiger partial charge in [0, 0.05) is 19.1 Å². The number of sulfonamides is 1. The fraction of sp³-hybridized carbons (Fsp3) is 0.647. The average Bonchev–Trinajstić information content (AvgIpc) is 2.55. The van der Waals surface area contributed by atoms with Crippen molar-refractivity contribution in [2.75, 3.05) is 26.7 Å². The highest BCUT2D eigenvalue weighted by molar-refractivity contribution is 7.89. The van der Waals surface area contributed by atoms with Crippen LogP contribution in [0.15, 0.2) is 29.2 Å². The largest absolute Gasteiger partial charge is 0.494 e. The number of nitrogens with one attached hydrogen (secondary N) is 1. The Hall–Kier alpha value is -0.820. The van der Waals surface area contributed by atoms with E-state index in [1.165, 1.54) is 0 Å². The van der Waals surface area contributed by atoms with Crippen molar-refractivity contribution >= 4 is 22.4 Å². The lowest BCUT2D eigenvalue weighted by Crippen LogP contribution is -2.46. The zero-order valence-electron chi connectivity index (χ0n) is 14.7. The molecule has 0 radical (unpaired) electrons. The number of halogens is 1. The Labute approximate surface area is 152 Å². The van der Waals surface area contributed by atoms with Crippen LogP contribution in [0.4, 0.5) is 0 Å². The topological polar surface area (TPSA) is 58.6 Å². The smallest absolute Gasteiger partial charge is 0.243 e. The van der Waals surface area contributed by atoms with Crippen molar-refractivity contribution in [3.63, 3.8) is 0 Å². The van der Waals surface area contributed by atoms with Crippen LogP contribution < -0.4 is 10.1 Å². The lowest BCUT2D eigenvalue weighted by atomic mass is 10.1. The zero-order valence-corrected chi connectivity index (χ0v) is 16.3. The van der Waals surface area contributed by atoms with Crippen molar-refractivity contribution in [1.29, 1.82) is 0 Å². The molecule has 2 rings (SSSR count). The summed E-state index contributed by atoms with van der Waals surface area (Å²) < 4.78 is 32.7. The molecular weight excluding hydrogens is 348 g/mol. The summed E-state index contributed by atoms with van der Waals surface area (Å²) in [6, 6.07) is 7.00. The van der Waals surface area contributed by atoms with E-state index in [1.807, 2.05) is 7.05 Å². The summed E-state index contributed by atoms with van der Waals surface area (Å²) in [6.07, 6.45) is 2.89. The number of hydrogen-bond acceptors (Lipinski definition) is 4. The first-order valence-corrected chi connectivity index (χ1v) is 9.77. The van der Waals surface area contributed by atoms with Crippen molar-refractivity contribution in [2.24, 2.45) is 5.92 Å². The highest BCUT2D eigenvalue weighted by atomic mass is 35.5. The molecule has 5 nitrogen and oxygen atoms in total. The van der Waals surface area contributed by atoms with E-state index in [2.05, 4.69) is 19.2 Å². The van der Waals surface area contributed by atoms with Crippen LogP contribution in [0.5, 0.6) is 5.75 Å². The number of likely N-dealkylation sites (N-methyl/N-ethyl adjacent to an activating group) is 1. The SMILES string of the molecule is CNC1CCCN(S(=O)(=O)c2ccc(OCCC(C)C)cc2)C1.Cl. The standard InChI is InChI=1S/C17H28N2O3S.ClH/c1-14(2)10-12-22-16-6-8-17(9-7-16)23(20,21)19-11-4-5-15(13-19)18-3;/h6-9,14-15,18H,4-5,10-13H2,1-3H3;1H. The van der Waals surface area contributed by atoms with Gasteiger partial charge < -0.3 is 10.1 Å². The molecule has 7 heteroatoms. The summed E-state index contributed by atoms with van der Waals surface area (Å²) in [4.78, 5) is 0.338. The maximum Gasteiger partial charge on any atom is 0.243 e. The van der Waals surface area contributed by atoms with Crippen LogP contribution in [0, 0.1) is 5.92 Å². The van der Waals surface area contributed by atoms with Crippen molar-refractivity contribution in [3.05, 3.63) is 24.3 Å². The normalized spacial score (nSPS) is 19.1. The predicted octanol–water partition coefficient (Wildman–Crippen LogP) is 2.91. The molecule has 1 heterocycles. The van der Waals surface area contributed by atoms with Gasteiger partial charge in [-0.3, -0.25) is 0 Å². The number of ether oxygens (including phenoxy) is 1. The number of hydrogen-bond donors (Lipinski definition) is 1. The third-order valence-electron chi connectivity index (χ3n) is 4.22. The van der Waals surface area contributed by atoms with Crippen molar-refractivity contribution in [2.45, 2.75) is 44.0 Å². The number of benzene rings is 1. The van der Waals surface area contributed by atoms with E-state index in [0.29, 0.717) is 30.5 Å². The second kappa shape index (κ2) is 9.61. The van der Waals surface area contributed by atoms with E-state index >= 15 is 0 Å². The molecule has 1 aromatic rings. The van der Waals surface area contributed by atoms with Gasteiger partial charge in [-0.2, -0.15) is 4.31 Å². The summed E-state index contributed by atoms with van der Waals surface area (Å²) in [5.74, 6) is 1.31. The van der Waals surface area contributed by atoms with Crippen molar-refractivity contribution < 1.29 is 13.2 Å². The Kier molecular flexibility index (Phi) is 8.50. The molecular formula is C17H29ClN2O3S. The molecule has 1 N–H and O–H groups in total. The molecule has 0 spiro atoms.